The molecule has 0 bridgehead atoms. The number of aliphatic hydroxyl groups excluding tert-OH is 1. The van der Waals surface area contributed by atoms with Crippen LogP contribution in [-0.4, -0.2) is 34.1 Å². The van der Waals surface area contributed by atoms with E-state index in [1.807, 2.05) is 24.3 Å². The van der Waals surface area contributed by atoms with Crippen molar-refractivity contribution in [3.63, 3.8) is 0 Å². The van der Waals surface area contributed by atoms with Gasteiger partial charge in [-0.2, -0.15) is 0 Å². The Morgan fingerprint density at radius 2 is 2.10 bits per heavy atom. The molecule has 0 aliphatic carbocycles. The summed E-state index contributed by atoms with van der Waals surface area (Å²) in [4.78, 5) is 25.2. The first-order valence-electron chi connectivity index (χ1n) is 6.77. The summed E-state index contributed by atoms with van der Waals surface area (Å²) in [6, 6.07) is 7.01. The maximum absolute atomic E-state index is 12.1. The molecule has 0 spiro atoms. The zero-order valence-corrected chi connectivity index (χ0v) is 12.1. The van der Waals surface area contributed by atoms with Gasteiger partial charge in [0.25, 0.3) is 5.91 Å². The molecule has 1 aromatic carbocycles. The number of carbonyl (C=O) groups excluding carboxylic acids is 2. The normalized spacial score (nSPS) is 16.4. The molecular weight excluding hydrogens is 268 g/mol. The summed E-state index contributed by atoms with van der Waals surface area (Å²) in [5.41, 5.74) is 0.787. The van der Waals surface area contributed by atoms with Gasteiger partial charge in [0, 0.05) is 12.0 Å². The fourth-order valence-electron chi connectivity index (χ4n) is 2.11. The highest BCUT2D eigenvalue weighted by Crippen LogP contribution is 2.19. The zero-order valence-electron chi connectivity index (χ0n) is 12.1. The highest BCUT2D eigenvalue weighted by atomic mass is 16.3. The van der Waals surface area contributed by atoms with E-state index in [1.165, 1.54) is 4.90 Å². The van der Waals surface area contributed by atoms with Crippen LogP contribution in [-0.2, 0) is 11.3 Å². The molecule has 0 radical (unpaired) electrons. The lowest BCUT2D eigenvalue weighted by atomic mass is 10.1. The largest absolute Gasteiger partial charge is 0.395 e. The summed E-state index contributed by atoms with van der Waals surface area (Å²) in [6.07, 6.45) is 0.422. The van der Waals surface area contributed by atoms with Crippen LogP contribution in [0.15, 0.2) is 24.3 Å². The van der Waals surface area contributed by atoms with Crippen LogP contribution in [0.25, 0.3) is 0 Å². The smallest absolute Gasteiger partial charge is 0.325 e. The Hall–Kier alpha value is -2.32. The van der Waals surface area contributed by atoms with Crippen LogP contribution >= 0.6 is 0 Å². The number of rotatable bonds is 3. The van der Waals surface area contributed by atoms with Crippen molar-refractivity contribution in [2.45, 2.75) is 32.4 Å². The summed E-state index contributed by atoms with van der Waals surface area (Å²) in [6.45, 7) is 3.63. The Morgan fingerprint density at radius 1 is 1.33 bits per heavy atom. The molecule has 1 aliphatic heterocycles. The van der Waals surface area contributed by atoms with Crippen LogP contribution in [0.5, 0.6) is 0 Å². The first kappa shape index (κ1) is 15.1. The molecule has 21 heavy (non-hydrogen) atoms. The molecule has 1 aliphatic rings. The third kappa shape index (κ3) is 3.41. The number of benzene rings is 1. The number of nitrogens with zero attached hydrogens (tertiary/aromatic N) is 1. The summed E-state index contributed by atoms with van der Waals surface area (Å²) in [7, 11) is 0. The van der Waals surface area contributed by atoms with Gasteiger partial charge in [0.2, 0.25) is 0 Å². The van der Waals surface area contributed by atoms with Gasteiger partial charge in [-0.3, -0.25) is 9.69 Å². The summed E-state index contributed by atoms with van der Waals surface area (Å²) < 4.78 is 0. The lowest BCUT2D eigenvalue weighted by Gasteiger charge is -2.16. The minimum Gasteiger partial charge on any atom is -0.395 e. The van der Waals surface area contributed by atoms with E-state index in [0.29, 0.717) is 6.42 Å². The monoisotopic (exact) mass is 286 g/mol. The van der Waals surface area contributed by atoms with E-state index >= 15 is 0 Å². The molecule has 5 heteroatoms. The van der Waals surface area contributed by atoms with Gasteiger partial charge >= 0.3 is 6.03 Å². The van der Waals surface area contributed by atoms with Crippen molar-refractivity contribution in [2.24, 2.45) is 0 Å². The van der Waals surface area contributed by atoms with Crippen LogP contribution in [0.1, 0.15) is 31.4 Å². The van der Waals surface area contributed by atoms with Crippen molar-refractivity contribution in [3.8, 4) is 11.8 Å². The van der Waals surface area contributed by atoms with Crippen molar-refractivity contribution in [3.05, 3.63) is 35.4 Å². The third-order valence-electron chi connectivity index (χ3n) is 3.18. The summed E-state index contributed by atoms with van der Waals surface area (Å²) in [5, 5.41) is 11.4. The van der Waals surface area contributed by atoms with E-state index in [9.17, 15) is 9.59 Å². The Bertz CT molecular complexity index is 626. The maximum Gasteiger partial charge on any atom is 0.325 e. The van der Waals surface area contributed by atoms with E-state index in [4.69, 9.17) is 5.11 Å². The highest BCUT2D eigenvalue weighted by molar-refractivity contribution is 6.06. The Labute approximate surface area is 124 Å². The first-order chi connectivity index (χ1) is 9.94. The van der Waals surface area contributed by atoms with E-state index in [0.717, 1.165) is 11.1 Å². The third-order valence-corrected chi connectivity index (χ3v) is 3.18. The lowest BCUT2D eigenvalue weighted by molar-refractivity contribution is -0.130. The highest BCUT2D eigenvalue weighted by Gasteiger charge is 2.43. The van der Waals surface area contributed by atoms with Gasteiger partial charge in [0.15, 0.2) is 0 Å². The van der Waals surface area contributed by atoms with Crippen LogP contribution in [0.2, 0.25) is 0 Å². The molecule has 3 amide bonds. The van der Waals surface area contributed by atoms with Crippen LogP contribution in [0.4, 0.5) is 4.79 Å². The molecule has 1 fully saturated rings. The van der Waals surface area contributed by atoms with Crippen molar-refractivity contribution in [1.29, 1.82) is 0 Å². The molecule has 2 N–H and O–H groups in total. The molecule has 110 valence electrons. The zero-order chi connectivity index (χ0) is 15.5. The van der Waals surface area contributed by atoms with Gasteiger partial charge in [0.05, 0.1) is 13.2 Å². The van der Waals surface area contributed by atoms with Gasteiger partial charge in [-0.25, -0.2) is 4.79 Å². The number of amides is 3. The molecule has 0 aromatic heterocycles. The maximum atomic E-state index is 12.1. The van der Waals surface area contributed by atoms with Crippen molar-refractivity contribution in [2.75, 3.05) is 6.61 Å². The second kappa shape index (κ2) is 5.98. The predicted molar refractivity (Wildman–Crippen MR) is 78.2 cm³/mol. The SMILES string of the molecule is CC1(C)NC(=O)N(Cc2cccc(C#CCCO)c2)C1=O. The Morgan fingerprint density at radius 3 is 2.71 bits per heavy atom. The first-order valence-corrected chi connectivity index (χ1v) is 6.77. The van der Waals surface area contributed by atoms with Gasteiger partial charge in [-0.05, 0) is 31.5 Å². The second-order valence-corrected chi connectivity index (χ2v) is 5.42. The van der Waals surface area contributed by atoms with E-state index < -0.39 is 5.54 Å². The minimum absolute atomic E-state index is 0.0320. The van der Waals surface area contributed by atoms with Gasteiger partial charge in [0.1, 0.15) is 5.54 Å². The number of urea groups is 1. The number of carbonyl (C=O) groups is 2. The number of hydrogen-bond acceptors (Lipinski definition) is 3. The van der Waals surface area contributed by atoms with E-state index in [2.05, 4.69) is 17.2 Å². The molecule has 1 saturated heterocycles. The van der Waals surface area contributed by atoms with Gasteiger partial charge in [-0.1, -0.05) is 24.0 Å². The number of aliphatic hydroxyl groups is 1. The molecule has 0 unspecified atom stereocenters. The van der Waals surface area contributed by atoms with Gasteiger partial charge in [-0.15, -0.1) is 0 Å². The summed E-state index contributed by atoms with van der Waals surface area (Å²) >= 11 is 0. The second-order valence-electron chi connectivity index (χ2n) is 5.42. The molecule has 0 saturated carbocycles. The Kier molecular flexibility index (Phi) is 4.29. The van der Waals surface area contributed by atoms with Crippen molar-refractivity contribution in [1.82, 2.24) is 10.2 Å². The Balaban J connectivity index is 2.14. The topological polar surface area (TPSA) is 69.6 Å². The van der Waals surface area contributed by atoms with Crippen LogP contribution < -0.4 is 5.32 Å². The van der Waals surface area contributed by atoms with Gasteiger partial charge < -0.3 is 10.4 Å². The predicted octanol–water partition coefficient (Wildman–Crippen LogP) is 1.25. The number of hydrogen-bond donors (Lipinski definition) is 2. The van der Waals surface area contributed by atoms with Crippen molar-refractivity contribution >= 4 is 11.9 Å². The molecular formula is C16H18N2O3. The molecule has 1 aromatic rings. The van der Waals surface area contributed by atoms with E-state index in [1.54, 1.807) is 13.8 Å². The number of nitrogens with one attached hydrogen (secondary N) is 1. The average molecular weight is 286 g/mol. The quantitative estimate of drug-likeness (QED) is 0.649. The minimum atomic E-state index is -0.852. The van der Waals surface area contributed by atoms with E-state index in [-0.39, 0.29) is 25.1 Å². The lowest BCUT2D eigenvalue weighted by Crippen LogP contribution is -2.40. The standard InChI is InChI=1S/C16H18N2O3/c1-16(2)14(20)18(15(21)17-16)11-13-8-5-7-12(10-13)6-3-4-9-19/h5,7-8,10,19H,4,9,11H2,1-2H3,(H,17,21). The molecule has 5 nitrogen and oxygen atoms in total. The van der Waals surface area contributed by atoms with Crippen LogP contribution in [0, 0.1) is 11.8 Å². The fourth-order valence-corrected chi connectivity index (χ4v) is 2.11. The molecule has 1 heterocycles. The summed E-state index contributed by atoms with van der Waals surface area (Å²) in [5.74, 6) is 5.55. The molecule has 0 atom stereocenters. The van der Waals surface area contributed by atoms with Crippen molar-refractivity contribution < 1.29 is 14.7 Å². The molecule has 2 rings (SSSR count). The van der Waals surface area contributed by atoms with Crippen LogP contribution in [0.3, 0.4) is 0 Å². The fraction of sp³-hybridized carbons (Fsp3) is 0.375. The number of imide groups is 1. The average Bonchev–Trinajstić information content (AvgIpc) is 2.62.